The Kier molecular flexibility index (Phi) is 4.57. The van der Waals surface area contributed by atoms with Crippen LogP contribution in [0.5, 0.6) is 0 Å². The minimum Gasteiger partial charge on any atom is -0.298 e. The van der Waals surface area contributed by atoms with E-state index in [1.807, 2.05) is 0 Å². The van der Waals surface area contributed by atoms with E-state index in [1.54, 1.807) is 6.07 Å². The summed E-state index contributed by atoms with van der Waals surface area (Å²) in [5.74, 6) is 0.544. The van der Waals surface area contributed by atoms with Crippen LogP contribution in [-0.4, -0.2) is 39.7 Å². The number of ketones is 1. The molecule has 3 saturated heterocycles. The van der Waals surface area contributed by atoms with Crippen LogP contribution in [-0.2, 0) is 11.2 Å². The summed E-state index contributed by atoms with van der Waals surface area (Å²) in [6.45, 7) is 1.95. The molecule has 0 saturated carbocycles. The fourth-order valence-corrected chi connectivity index (χ4v) is 3.80. The van der Waals surface area contributed by atoms with Gasteiger partial charge in [-0.25, -0.2) is 0 Å². The van der Waals surface area contributed by atoms with E-state index in [1.165, 1.54) is 12.1 Å². The standard InChI is InChI=1S/C16H19N3O5/c20-16-12-6-8-17(9-7-12)14(16)3-1-2-11-4-5-13(18(21)22)15(10-11)19(23)24/h4-5,10,12,14H,1-3,6-9H2. The van der Waals surface area contributed by atoms with Crippen molar-refractivity contribution >= 4 is 17.2 Å². The summed E-state index contributed by atoms with van der Waals surface area (Å²) >= 11 is 0. The van der Waals surface area contributed by atoms with Crippen LogP contribution in [0.2, 0.25) is 0 Å². The molecule has 0 aliphatic carbocycles. The average Bonchev–Trinajstić information content (AvgIpc) is 2.57. The molecule has 2 bridgehead atoms. The molecular weight excluding hydrogens is 314 g/mol. The summed E-state index contributed by atoms with van der Waals surface area (Å²) in [6.07, 6.45) is 3.96. The Morgan fingerprint density at radius 1 is 1.08 bits per heavy atom. The summed E-state index contributed by atoms with van der Waals surface area (Å²) in [4.78, 5) is 34.9. The van der Waals surface area contributed by atoms with Crippen molar-refractivity contribution in [2.45, 2.75) is 38.1 Å². The Hall–Kier alpha value is -2.35. The number of fused-ring (bicyclic) bond motifs is 3. The molecule has 0 N–H and O–H groups in total. The van der Waals surface area contributed by atoms with Crippen molar-refractivity contribution in [3.8, 4) is 0 Å². The quantitative estimate of drug-likeness (QED) is 0.585. The van der Waals surface area contributed by atoms with Gasteiger partial charge >= 0.3 is 11.4 Å². The van der Waals surface area contributed by atoms with E-state index in [2.05, 4.69) is 4.90 Å². The number of piperidine rings is 3. The number of rotatable bonds is 6. The predicted molar refractivity (Wildman–Crippen MR) is 85.8 cm³/mol. The van der Waals surface area contributed by atoms with Gasteiger partial charge in [-0.15, -0.1) is 0 Å². The molecule has 0 aromatic heterocycles. The van der Waals surface area contributed by atoms with Gasteiger partial charge in [0.2, 0.25) is 0 Å². The highest BCUT2D eigenvalue weighted by Crippen LogP contribution is 2.32. The molecule has 1 aromatic carbocycles. The van der Waals surface area contributed by atoms with Crippen molar-refractivity contribution in [1.82, 2.24) is 4.90 Å². The normalized spacial score (nSPS) is 25.7. The Morgan fingerprint density at radius 3 is 2.33 bits per heavy atom. The van der Waals surface area contributed by atoms with Crippen molar-refractivity contribution in [3.05, 3.63) is 44.0 Å². The molecule has 0 radical (unpaired) electrons. The van der Waals surface area contributed by atoms with Crippen molar-refractivity contribution in [1.29, 1.82) is 0 Å². The number of nitro groups is 2. The Morgan fingerprint density at radius 2 is 1.75 bits per heavy atom. The first-order valence-electron chi connectivity index (χ1n) is 8.17. The average molecular weight is 333 g/mol. The van der Waals surface area contributed by atoms with Gasteiger partial charge in [-0.1, -0.05) is 6.07 Å². The molecule has 0 amide bonds. The molecule has 3 fully saturated rings. The third-order valence-electron chi connectivity index (χ3n) is 5.08. The number of hydrogen-bond donors (Lipinski definition) is 0. The molecule has 3 aliphatic rings. The van der Waals surface area contributed by atoms with E-state index in [4.69, 9.17) is 0 Å². The maximum absolute atomic E-state index is 12.3. The number of hydrogen-bond acceptors (Lipinski definition) is 6. The van der Waals surface area contributed by atoms with Gasteiger partial charge in [0.1, 0.15) is 0 Å². The number of carbonyl (C=O) groups excluding carboxylic acids is 1. The zero-order chi connectivity index (χ0) is 17.3. The molecule has 1 aromatic rings. The largest absolute Gasteiger partial charge is 0.346 e. The van der Waals surface area contributed by atoms with E-state index in [0.717, 1.165) is 38.8 Å². The maximum Gasteiger partial charge on any atom is 0.346 e. The van der Waals surface area contributed by atoms with Crippen LogP contribution >= 0.6 is 0 Å². The molecule has 128 valence electrons. The van der Waals surface area contributed by atoms with Gasteiger partial charge < -0.3 is 0 Å². The second-order valence-electron chi connectivity index (χ2n) is 6.46. The Labute approximate surface area is 138 Å². The lowest BCUT2D eigenvalue weighted by molar-refractivity contribution is -0.422. The van der Waals surface area contributed by atoms with Gasteiger partial charge in [-0.05, 0) is 50.8 Å². The van der Waals surface area contributed by atoms with Crippen LogP contribution in [0, 0.1) is 26.1 Å². The second kappa shape index (κ2) is 6.64. The zero-order valence-electron chi connectivity index (χ0n) is 13.2. The summed E-state index contributed by atoms with van der Waals surface area (Å²) in [5.41, 5.74) is -0.278. The lowest BCUT2D eigenvalue weighted by atomic mass is 9.80. The molecule has 0 spiro atoms. The maximum atomic E-state index is 12.3. The summed E-state index contributed by atoms with van der Waals surface area (Å²) in [5, 5.41) is 21.8. The number of benzene rings is 1. The number of aryl methyl sites for hydroxylation is 1. The van der Waals surface area contributed by atoms with E-state index < -0.39 is 21.2 Å². The van der Waals surface area contributed by atoms with Gasteiger partial charge in [0.25, 0.3) is 0 Å². The highest BCUT2D eigenvalue weighted by Gasteiger charge is 2.40. The minimum atomic E-state index is -0.743. The first kappa shape index (κ1) is 16.5. The van der Waals surface area contributed by atoms with Crippen LogP contribution in [0.1, 0.15) is 31.2 Å². The molecule has 8 heteroatoms. The van der Waals surface area contributed by atoms with Crippen molar-refractivity contribution in [2.24, 2.45) is 5.92 Å². The van der Waals surface area contributed by atoms with E-state index in [9.17, 15) is 25.0 Å². The zero-order valence-corrected chi connectivity index (χ0v) is 13.2. The highest BCUT2D eigenvalue weighted by molar-refractivity contribution is 5.87. The Balaban J connectivity index is 1.63. The SMILES string of the molecule is O=C1C2CCN(CC2)C1CCCc1ccc([N+](=O)[O-])c([N+](=O)[O-])c1. The van der Waals surface area contributed by atoms with Crippen LogP contribution < -0.4 is 0 Å². The van der Waals surface area contributed by atoms with Gasteiger partial charge in [0.15, 0.2) is 5.78 Å². The van der Waals surface area contributed by atoms with E-state index >= 15 is 0 Å². The fourth-order valence-electron chi connectivity index (χ4n) is 3.80. The number of carbonyl (C=O) groups is 1. The second-order valence-corrected chi connectivity index (χ2v) is 6.46. The van der Waals surface area contributed by atoms with E-state index in [0.29, 0.717) is 17.8 Å². The van der Waals surface area contributed by atoms with Gasteiger partial charge in [-0.3, -0.25) is 29.9 Å². The lowest BCUT2D eigenvalue weighted by Gasteiger charge is -2.44. The summed E-state index contributed by atoms with van der Waals surface area (Å²) < 4.78 is 0. The summed E-state index contributed by atoms with van der Waals surface area (Å²) in [6, 6.07) is 3.99. The van der Waals surface area contributed by atoms with Gasteiger partial charge in [0, 0.05) is 18.1 Å². The molecule has 3 heterocycles. The van der Waals surface area contributed by atoms with Crippen molar-refractivity contribution in [2.75, 3.05) is 13.1 Å². The van der Waals surface area contributed by atoms with Crippen molar-refractivity contribution < 1.29 is 14.6 Å². The molecule has 4 rings (SSSR count). The van der Waals surface area contributed by atoms with Crippen molar-refractivity contribution in [3.63, 3.8) is 0 Å². The predicted octanol–water partition coefficient (Wildman–Crippen LogP) is 2.49. The molecule has 3 aliphatic heterocycles. The van der Waals surface area contributed by atoms with E-state index in [-0.39, 0.29) is 12.0 Å². The molecule has 8 nitrogen and oxygen atoms in total. The third kappa shape index (κ3) is 3.14. The Bertz CT molecular complexity index is 682. The third-order valence-corrected chi connectivity index (χ3v) is 5.08. The molecular formula is C16H19N3O5. The first-order valence-corrected chi connectivity index (χ1v) is 8.17. The number of nitrogens with zero attached hydrogens (tertiary/aromatic N) is 3. The molecule has 1 unspecified atom stereocenters. The fraction of sp³-hybridized carbons (Fsp3) is 0.562. The smallest absolute Gasteiger partial charge is 0.298 e. The van der Waals surface area contributed by atoms with Crippen LogP contribution in [0.4, 0.5) is 11.4 Å². The topological polar surface area (TPSA) is 107 Å². The monoisotopic (exact) mass is 333 g/mol. The molecule has 24 heavy (non-hydrogen) atoms. The lowest BCUT2D eigenvalue weighted by Crippen LogP contribution is -2.55. The van der Waals surface area contributed by atoms with Crippen LogP contribution in [0.3, 0.4) is 0 Å². The number of nitro benzene ring substituents is 2. The van der Waals surface area contributed by atoms with Crippen LogP contribution in [0.15, 0.2) is 18.2 Å². The molecule has 1 atom stereocenters. The van der Waals surface area contributed by atoms with Crippen LogP contribution in [0.25, 0.3) is 0 Å². The van der Waals surface area contributed by atoms with Gasteiger partial charge in [0.05, 0.1) is 15.9 Å². The first-order chi connectivity index (χ1) is 11.5. The minimum absolute atomic E-state index is 0.0227. The number of Topliss-reactive ketones (excluding diaryl/α,β-unsaturated/α-hetero) is 1. The summed E-state index contributed by atoms with van der Waals surface area (Å²) in [7, 11) is 0. The highest BCUT2D eigenvalue weighted by atomic mass is 16.6. The van der Waals surface area contributed by atoms with Gasteiger partial charge in [-0.2, -0.15) is 0 Å².